The van der Waals surface area contributed by atoms with Crippen LogP contribution in [0.25, 0.3) is 0 Å². The molecule has 0 heterocycles. The SMILES string of the molecule is CC/C=C/C/C=C/C/C=C/C/C=C/C/C=C/CCCCCC(=O)OCC(COCCC(C(=O)O)[N+](C)(C)C)OC(=O)CCCCCCCCCCCCCC. The van der Waals surface area contributed by atoms with Gasteiger partial charge >= 0.3 is 17.9 Å². The van der Waals surface area contributed by atoms with E-state index in [2.05, 4.69) is 74.6 Å². The zero-order chi connectivity index (χ0) is 40.7. The number of aliphatic carboxylic acids is 1. The van der Waals surface area contributed by atoms with Crippen molar-refractivity contribution in [3.8, 4) is 0 Å². The number of carboxylic acids is 1. The van der Waals surface area contributed by atoms with Gasteiger partial charge in [0.05, 0.1) is 34.4 Å². The Labute approximate surface area is 337 Å². The Balaban J connectivity index is 4.40. The summed E-state index contributed by atoms with van der Waals surface area (Å²) in [5.74, 6) is -1.51. The number of allylic oxidation sites excluding steroid dienone is 10. The molecule has 2 atom stereocenters. The molecule has 0 spiro atoms. The second kappa shape index (κ2) is 37.9. The number of nitrogens with zero attached hydrogens (tertiary/aromatic N) is 1. The molecule has 1 N–H and O–H groups in total. The number of carbonyl (C=O) groups excluding carboxylic acids is 2. The van der Waals surface area contributed by atoms with Crippen molar-refractivity contribution in [2.24, 2.45) is 0 Å². The average Bonchev–Trinajstić information content (AvgIpc) is 3.14. The fourth-order valence-corrected chi connectivity index (χ4v) is 6.06. The topological polar surface area (TPSA) is 99.1 Å². The number of carbonyl (C=O) groups is 3. The van der Waals surface area contributed by atoms with E-state index in [1.54, 1.807) is 0 Å². The number of hydrogen-bond donors (Lipinski definition) is 1. The van der Waals surface area contributed by atoms with E-state index in [0.29, 0.717) is 19.3 Å². The minimum Gasteiger partial charge on any atom is -0.477 e. The van der Waals surface area contributed by atoms with Gasteiger partial charge in [-0.2, -0.15) is 0 Å². The first-order chi connectivity index (χ1) is 26.6. The number of ether oxygens (including phenoxy) is 3. The average molecular weight is 773 g/mol. The molecule has 0 saturated heterocycles. The Morgan fingerprint density at radius 3 is 1.51 bits per heavy atom. The summed E-state index contributed by atoms with van der Waals surface area (Å²) in [4.78, 5) is 36.9. The zero-order valence-electron chi connectivity index (χ0n) is 35.9. The second-order valence-electron chi connectivity index (χ2n) is 15.6. The summed E-state index contributed by atoms with van der Waals surface area (Å²) in [6.07, 6.45) is 45.5. The molecule has 316 valence electrons. The Morgan fingerprint density at radius 2 is 1.02 bits per heavy atom. The third-order valence-electron chi connectivity index (χ3n) is 9.43. The molecule has 0 radical (unpaired) electrons. The lowest BCUT2D eigenvalue weighted by molar-refractivity contribution is -0.887. The maximum atomic E-state index is 12.7. The fraction of sp³-hybridized carbons (Fsp3) is 0.723. The van der Waals surface area contributed by atoms with Gasteiger partial charge in [-0.25, -0.2) is 4.79 Å². The highest BCUT2D eigenvalue weighted by Gasteiger charge is 2.31. The van der Waals surface area contributed by atoms with Crippen molar-refractivity contribution in [3.05, 3.63) is 60.8 Å². The van der Waals surface area contributed by atoms with E-state index in [9.17, 15) is 19.5 Å². The number of hydrogen-bond acceptors (Lipinski definition) is 6. The molecular formula is C47H82NO7+. The fourth-order valence-electron chi connectivity index (χ4n) is 6.06. The van der Waals surface area contributed by atoms with Crippen molar-refractivity contribution in [2.45, 2.75) is 180 Å². The van der Waals surface area contributed by atoms with Crippen LogP contribution in [-0.4, -0.2) is 80.6 Å². The van der Waals surface area contributed by atoms with Gasteiger partial charge in [0, 0.05) is 19.3 Å². The summed E-state index contributed by atoms with van der Waals surface area (Å²) >= 11 is 0. The molecule has 0 bridgehead atoms. The Bertz CT molecular complexity index is 1090. The smallest absolute Gasteiger partial charge is 0.362 e. The molecular weight excluding hydrogens is 691 g/mol. The Morgan fingerprint density at radius 1 is 0.564 bits per heavy atom. The standard InChI is InChI=1S/C47H81NO7/c1-6-8-10-12-14-16-18-20-21-22-23-24-25-26-28-29-31-33-35-37-45(49)54-42-43(41-53-40-39-44(47(51)52)48(3,4)5)55-46(50)38-36-34-32-30-27-19-17-15-13-11-9-7-2/h8,10,14,16,20-21,23-24,26,28,43-44H,6-7,9,11-13,15,17-19,22,25,27,29-42H2,1-5H3/p+1/b10-8+,16-14+,21-20+,24-23+,28-26+. The summed E-state index contributed by atoms with van der Waals surface area (Å²) < 4.78 is 17.2. The van der Waals surface area contributed by atoms with Crippen molar-refractivity contribution in [1.29, 1.82) is 0 Å². The molecule has 55 heavy (non-hydrogen) atoms. The Kier molecular flexibility index (Phi) is 35.9. The normalized spacial score (nSPS) is 13.5. The largest absolute Gasteiger partial charge is 0.477 e. The molecule has 0 aromatic carbocycles. The molecule has 8 nitrogen and oxygen atoms in total. The first-order valence-electron chi connectivity index (χ1n) is 21.8. The van der Waals surface area contributed by atoms with Gasteiger partial charge in [-0.3, -0.25) is 9.59 Å². The van der Waals surface area contributed by atoms with Crippen LogP contribution in [0.4, 0.5) is 0 Å². The molecule has 0 amide bonds. The van der Waals surface area contributed by atoms with Crippen molar-refractivity contribution in [1.82, 2.24) is 0 Å². The van der Waals surface area contributed by atoms with Crippen LogP contribution in [0.2, 0.25) is 0 Å². The minimum absolute atomic E-state index is 0.0498. The number of esters is 2. The number of rotatable bonds is 38. The molecule has 2 unspecified atom stereocenters. The first kappa shape index (κ1) is 52.0. The van der Waals surface area contributed by atoms with Crippen LogP contribution in [0, 0.1) is 0 Å². The van der Waals surface area contributed by atoms with Crippen LogP contribution in [0.3, 0.4) is 0 Å². The lowest BCUT2D eigenvalue weighted by Gasteiger charge is -2.31. The van der Waals surface area contributed by atoms with Crippen LogP contribution >= 0.6 is 0 Å². The predicted molar refractivity (Wildman–Crippen MR) is 229 cm³/mol. The maximum absolute atomic E-state index is 12.7. The summed E-state index contributed by atoms with van der Waals surface area (Å²) in [5, 5.41) is 9.61. The van der Waals surface area contributed by atoms with Gasteiger partial charge < -0.3 is 23.8 Å². The van der Waals surface area contributed by atoms with Crippen molar-refractivity contribution >= 4 is 17.9 Å². The van der Waals surface area contributed by atoms with Gasteiger partial charge in [-0.05, 0) is 57.8 Å². The van der Waals surface area contributed by atoms with Crippen molar-refractivity contribution < 1.29 is 38.2 Å². The van der Waals surface area contributed by atoms with Crippen LogP contribution in [-0.2, 0) is 28.6 Å². The highest BCUT2D eigenvalue weighted by Crippen LogP contribution is 2.14. The van der Waals surface area contributed by atoms with Gasteiger partial charge in [0.25, 0.3) is 0 Å². The van der Waals surface area contributed by atoms with Crippen LogP contribution in [0.5, 0.6) is 0 Å². The number of quaternary nitrogens is 1. The van der Waals surface area contributed by atoms with E-state index in [-0.39, 0.29) is 36.2 Å². The highest BCUT2D eigenvalue weighted by atomic mass is 16.6. The second-order valence-corrected chi connectivity index (χ2v) is 15.6. The van der Waals surface area contributed by atoms with E-state index in [0.717, 1.165) is 77.0 Å². The summed E-state index contributed by atoms with van der Waals surface area (Å²) in [6, 6.07) is -0.620. The van der Waals surface area contributed by atoms with Crippen LogP contribution in [0.15, 0.2) is 60.8 Å². The first-order valence-corrected chi connectivity index (χ1v) is 21.8. The van der Waals surface area contributed by atoms with Crippen LogP contribution in [0.1, 0.15) is 168 Å². The number of unbranched alkanes of at least 4 members (excludes halogenated alkanes) is 14. The van der Waals surface area contributed by atoms with Crippen molar-refractivity contribution in [3.63, 3.8) is 0 Å². The molecule has 0 saturated carbocycles. The lowest BCUT2D eigenvalue weighted by Crippen LogP contribution is -2.50. The summed E-state index contributed by atoms with van der Waals surface area (Å²) in [7, 11) is 5.51. The van der Waals surface area contributed by atoms with E-state index >= 15 is 0 Å². The van der Waals surface area contributed by atoms with E-state index in [4.69, 9.17) is 14.2 Å². The third-order valence-corrected chi connectivity index (χ3v) is 9.43. The zero-order valence-corrected chi connectivity index (χ0v) is 35.9. The maximum Gasteiger partial charge on any atom is 0.362 e. The molecule has 0 aromatic heterocycles. The van der Waals surface area contributed by atoms with Gasteiger partial charge in [-0.1, -0.05) is 152 Å². The predicted octanol–water partition coefficient (Wildman–Crippen LogP) is 11.8. The highest BCUT2D eigenvalue weighted by molar-refractivity contribution is 5.72. The van der Waals surface area contributed by atoms with E-state index in [1.165, 1.54) is 57.8 Å². The molecule has 0 aliphatic heterocycles. The van der Waals surface area contributed by atoms with Gasteiger partial charge in [-0.15, -0.1) is 0 Å². The summed E-state index contributed by atoms with van der Waals surface area (Å²) in [6.45, 7) is 4.58. The Hall–Kier alpha value is -2.97. The third kappa shape index (κ3) is 36.4. The van der Waals surface area contributed by atoms with Gasteiger partial charge in [0.1, 0.15) is 6.61 Å². The van der Waals surface area contributed by atoms with E-state index < -0.39 is 18.1 Å². The summed E-state index contributed by atoms with van der Waals surface area (Å²) in [5.41, 5.74) is 0. The number of likely N-dealkylation sites (N-methyl/N-ethyl adjacent to an activating group) is 1. The lowest BCUT2D eigenvalue weighted by atomic mass is 10.0. The molecule has 0 fully saturated rings. The minimum atomic E-state index is -0.881. The molecule has 0 aromatic rings. The molecule has 8 heteroatoms. The van der Waals surface area contributed by atoms with E-state index in [1.807, 2.05) is 21.1 Å². The van der Waals surface area contributed by atoms with Crippen molar-refractivity contribution in [2.75, 3.05) is 41.0 Å². The quantitative estimate of drug-likeness (QED) is 0.0289. The number of carboxylic acid groups (broad SMARTS) is 1. The van der Waals surface area contributed by atoms with Gasteiger partial charge in [0.15, 0.2) is 12.1 Å². The molecule has 0 rings (SSSR count). The molecule has 0 aliphatic rings. The van der Waals surface area contributed by atoms with Crippen LogP contribution < -0.4 is 0 Å². The van der Waals surface area contributed by atoms with Gasteiger partial charge in [0.2, 0.25) is 0 Å². The monoisotopic (exact) mass is 773 g/mol. The molecule has 0 aliphatic carbocycles.